The zero-order valence-electron chi connectivity index (χ0n) is 17.8. The van der Waals surface area contributed by atoms with Crippen LogP contribution in [0.2, 0.25) is 0 Å². The number of aromatic nitrogens is 2. The lowest BCUT2D eigenvalue weighted by molar-refractivity contribution is -0.137. The second-order valence-electron chi connectivity index (χ2n) is 8.08. The highest BCUT2D eigenvalue weighted by Gasteiger charge is 2.48. The van der Waals surface area contributed by atoms with Gasteiger partial charge in [-0.25, -0.2) is 27.2 Å². The lowest BCUT2D eigenvalue weighted by atomic mass is 9.87. The molecule has 2 atom stereocenters. The molecule has 1 saturated heterocycles. The van der Waals surface area contributed by atoms with Crippen LogP contribution in [0.5, 0.6) is 0 Å². The van der Waals surface area contributed by atoms with Crippen molar-refractivity contribution in [2.24, 2.45) is 11.8 Å². The molecule has 1 aliphatic rings. The average molecular weight is 492 g/mol. The fourth-order valence-electron chi connectivity index (χ4n) is 3.56. The van der Waals surface area contributed by atoms with E-state index in [-0.39, 0.29) is 29.6 Å². The van der Waals surface area contributed by atoms with Gasteiger partial charge >= 0.3 is 6.18 Å². The van der Waals surface area contributed by atoms with Gasteiger partial charge in [-0.3, -0.25) is 4.79 Å². The molecule has 2 aromatic rings. The van der Waals surface area contributed by atoms with Crippen LogP contribution in [-0.4, -0.2) is 49.6 Å². The third-order valence-corrected chi connectivity index (χ3v) is 6.40. The van der Waals surface area contributed by atoms with E-state index in [0.717, 1.165) is 18.5 Å². The highest BCUT2D eigenvalue weighted by molar-refractivity contribution is 7.90. The van der Waals surface area contributed by atoms with E-state index in [1.54, 1.807) is 0 Å². The molecule has 3 heterocycles. The summed E-state index contributed by atoms with van der Waals surface area (Å²) in [5.74, 6) is -6.42. The van der Waals surface area contributed by atoms with Gasteiger partial charge in [-0.2, -0.15) is 13.2 Å². The first-order valence-corrected chi connectivity index (χ1v) is 11.7. The summed E-state index contributed by atoms with van der Waals surface area (Å²) in [6.45, 7) is 2.19. The Balaban J connectivity index is 2.01. The molecule has 7 nitrogen and oxygen atoms in total. The van der Waals surface area contributed by atoms with Crippen LogP contribution in [0.3, 0.4) is 0 Å². The molecule has 180 valence electrons. The molecule has 33 heavy (non-hydrogen) atoms. The minimum absolute atomic E-state index is 0.0225. The molecular weight excluding hydrogens is 471 g/mol. The van der Waals surface area contributed by atoms with Crippen molar-refractivity contribution in [2.75, 3.05) is 29.6 Å². The van der Waals surface area contributed by atoms with Gasteiger partial charge < -0.3 is 10.2 Å². The van der Waals surface area contributed by atoms with Gasteiger partial charge in [-0.1, -0.05) is 13.8 Å². The van der Waals surface area contributed by atoms with E-state index >= 15 is 0 Å². The Bertz CT molecular complexity index is 1160. The number of hydrogen-bond acceptors (Lipinski definition) is 6. The molecule has 0 unspecified atom stereocenters. The molecule has 1 amide bonds. The summed E-state index contributed by atoms with van der Waals surface area (Å²) in [4.78, 5) is 21.8. The minimum atomic E-state index is -4.80. The zero-order valence-corrected chi connectivity index (χ0v) is 18.6. The van der Waals surface area contributed by atoms with Crippen molar-refractivity contribution in [3.05, 3.63) is 41.7 Å². The standard InChI is InChI=1S/C20H21F5N4O3S/c1-11-9-29(10-12(2)19(11,21)22)17-15(6-13(8-27-17)20(23,24)25)18(30)28-14-4-5-26-16(7-14)33(3,31)32/h4-8,11-12H,9-10H2,1-3H3,(H,26,28,30)/t11-,12+. The maximum Gasteiger partial charge on any atom is 0.417 e. The fraction of sp³-hybridized carbons (Fsp3) is 0.450. The summed E-state index contributed by atoms with van der Waals surface area (Å²) in [6.07, 6.45) is -2.23. The number of rotatable bonds is 4. The van der Waals surface area contributed by atoms with Crippen molar-refractivity contribution in [2.45, 2.75) is 31.0 Å². The molecule has 13 heteroatoms. The molecule has 3 rings (SSSR count). The predicted octanol–water partition coefficient (Wildman–Crippen LogP) is 3.88. The van der Waals surface area contributed by atoms with Crippen LogP contribution in [0.1, 0.15) is 29.8 Å². The summed E-state index contributed by atoms with van der Waals surface area (Å²) in [5, 5.41) is 2.00. The quantitative estimate of drug-likeness (QED) is 0.652. The zero-order chi connectivity index (χ0) is 24.8. The number of amides is 1. The summed E-state index contributed by atoms with van der Waals surface area (Å²) >= 11 is 0. The molecule has 0 saturated carbocycles. The van der Waals surface area contributed by atoms with E-state index in [1.165, 1.54) is 24.8 Å². The average Bonchev–Trinajstić information content (AvgIpc) is 2.70. The van der Waals surface area contributed by atoms with Crippen LogP contribution in [0.15, 0.2) is 35.6 Å². The van der Waals surface area contributed by atoms with E-state index in [0.29, 0.717) is 12.3 Å². The molecule has 1 aliphatic heterocycles. The first-order chi connectivity index (χ1) is 15.1. The van der Waals surface area contributed by atoms with E-state index < -0.39 is 50.8 Å². The molecule has 0 aromatic carbocycles. The van der Waals surface area contributed by atoms with Gasteiger partial charge in [0.1, 0.15) is 5.82 Å². The Morgan fingerprint density at radius 2 is 1.76 bits per heavy atom. The topological polar surface area (TPSA) is 92.3 Å². The predicted molar refractivity (Wildman–Crippen MR) is 110 cm³/mol. The highest BCUT2D eigenvalue weighted by atomic mass is 32.2. The Morgan fingerprint density at radius 1 is 1.15 bits per heavy atom. The molecular formula is C20H21F5N4O3S. The van der Waals surface area contributed by atoms with Crippen molar-refractivity contribution in [1.82, 2.24) is 9.97 Å². The first kappa shape index (κ1) is 24.8. The molecule has 2 aromatic heterocycles. The SMILES string of the molecule is C[C@@H]1CN(c2ncc(C(F)(F)F)cc2C(=O)Nc2ccnc(S(C)(=O)=O)c2)C[C@H](C)C1(F)F. The summed E-state index contributed by atoms with van der Waals surface area (Å²) in [5.41, 5.74) is -1.69. The molecule has 0 bridgehead atoms. The number of carbonyl (C=O) groups is 1. The molecule has 0 radical (unpaired) electrons. The van der Waals surface area contributed by atoms with E-state index in [1.807, 2.05) is 0 Å². The first-order valence-electron chi connectivity index (χ1n) is 9.78. The third kappa shape index (κ3) is 5.23. The number of nitrogens with one attached hydrogen (secondary N) is 1. The van der Waals surface area contributed by atoms with Crippen molar-refractivity contribution in [3.63, 3.8) is 0 Å². The second-order valence-corrected chi connectivity index (χ2v) is 10.0. The normalized spacial score (nSPS) is 21.0. The Kier molecular flexibility index (Phi) is 6.39. The lowest BCUT2D eigenvalue weighted by Crippen LogP contribution is -2.52. The van der Waals surface area contributed by atoms with Gasteiger partial charge in [0, 0.05) is 49.3 Å². The van der Waals surface area contributed by atoms with Gasteiger partial charge in [-0.05, 0) is 18.2 Å². The van der Waals surface area contributed by atoms with Crippen LogP contribution in [0.4, 0.5) is 33.5 Å². The summed E-state index contributed by atoms with van der Waals surface area (Å²) in [7, 11) is -3.70. The Morgan fingerprint density at radius 3 is 2.30 bits per heavy atom. The lowest BCUT2D eigenvalue weighted by Gasteiger charge is -2.42. The highest BCUT2D eigenvalue weighted by Crippen LogP contribution is 2.40. The molecule has 1 N–H and O–H groups in total. The van der Waals surface area contributed by atoms with Crippen molar-refractivity contribution in [1.29, 1.82) is 0 Å². The molecule has 0 spiro atoms. The minimum Gasteiger partial charge on any atom is -0.355 e. The van der Waals surface area contributed by atoms with Crippen LogP contribution < -0.4 is 10.2 Å². The van der Waals surface area contributed by atoms with Gasteiger partial charge in [0.25, 0.3) is 11.8 Å². The van der Waals surface area contributed by atoms with Crippen LogP contribution >= 0.6 is 0 Å². The second kappa shape index (κ2) is 8.50. The fourth-order valence-corrected chi connectivity index (χ4v) is 4.15. The number of alkyl halides is 5. The number of hydrogen-bond donors (Lipinski definition) is 1. The number of halogens is 5. The number of pyridine rings is 2. The van der Waals surface area contributed by atoms with E-state index in [9.17, 15) is 35.2 Å². The summed E-state index contributed by atoms with van der Waals surface area (Å²) < 4.78 is 91.7. The van der Waals surface area contributed by atoms with E-state index in [4.69, 9.17) is 0 Å². The Labute approximate surface area is 186 Å². The number of sulfone groups is 1. The van der Waals surface area contributed by atoms with Gasteiger partial charge in [0.15, 0.2) is 14.9 Å². The van der Waals surface area contributed by atoms with Crippen molar-refractivity contribution < 1.29 is 35.2 Å². The number of carbonyl (C=O) groups excluding carboxylic acids is 1. The maximum atomic E-state index is 14.3. The number of nitrogens with zero attached hydrogens (tertiary/aromatic N) is 3. The Hall–Kier alpha value is -2.83. The van der Waals surface area contributed by atoms with E-state index in [2.05, 4.69) is 15.3 Å². The monoisotopic (exact) mass is 492 g/mol. The molecule has 1 fully saturated rings. The number of piperidine rings is 1. The summed E-state index contributed by atoms with van der Waals surface area (Å²) in [6, 6.07) is 2.91. The number of anilines is 2. The van der Waals surface area contributed by atoms with Gasteiger partial charge in [0.05, 0.1) is 11.1 Å². The van der Waals surface area contributed by atoms with Crippen LogP contribution in [-0.2, 0) is 16.0 Å². The third-order valence-electron chi connectivity index (χ3n) is 5.41. The van der Waals surface area contributed by atoms with Crippen LogP contribution in [0.25, 0.3) is 0 Å². The van der Waals surface area contributed by atoms with Gasteiger partial charge in [-0.15, -0.1) is 0 Å². The van der Waals surface area contributed by atoms with Gasteiger partial charge in [0.2, 0.25) is 0 Å². The molecule has 0 aliphatic carbocycles. The largest absolute Gasteiger partial charge is 0.417 e. The van der Waals surface area contributed by atoms with Crippen molar-refractivity contribution >= 4 is 27.2 Å². The smallest absolute Gasteiger partial charge is 0.355 e. The maximum absolute atomic E-state index is 14.3. The van der Waals surface area contributed by atoms with Crippen LogP contribution in [0, 0.1) is 11.8 Å². The van der Waals surface area contributed by atoms with Crippen molar-refractivity contribution in [3.8, 4) is 0 Å².